The predicted molar refractivity (Wildman–Crippen MR) is 65.7 cm³/mol. The summed E-state index contributed by atoms with van der Waals surface area (Å²) >= 11 is 11.4. The van der Waals surface area contributed by atoms with Crippen molar-refractivity contribution in [2.75, 3.05) is 0 Å². The summed E-state index contributed by atoms with van der Waals surface area (Å²) in [5.41, 5.74) is 0.180. The minimum atomic E-state index is -0.564. The number of rotatable bonds is 2. The first-order chi connectivity index (χ1) is 8.16. The Kier molecular flexibility index (Phi) is 3.61. The average molecular weight is 268 g/mol. The van der Waals surface area contributed by atoms with Gasteiger partial charge in [0.25, 0.3) is 0 Å². The molecule has 5 heteroatoms. The molecule has 0 aliphatic carbocycles. The average Bonchev–Trinajstić information content (AvgIpc) is 2.30. The molecular weight excluding hydrogens is 261 g/mol. The summed E-state index contributed by atoms with van der Waals surface area (Å²) in [6.45, 7) is 0. The van der Waals surface area contributed by atoms with Crippen LogP contribution in [0.2, 0.25) is 10.3 Å². The fraction of sp³-hybridized carbons (Fsp3) is 0. The number of aromatic nitrogens is 1. The van der Waals surface area contributed by atoms with Gasteiger partial charge in [0, 0.05) is 0 Å². The molecule has 0 saturated carbocycles. The predicted octanol–water partition coefficient (Wildman–Crippen LogP) is 3.61. The molecule has 0 fully saturated rings. The third-order valence-electron chi connectivity index (χ3n) is 1.99. The van der Waals surface area contributed by atoms with Gasteiger partial charge in [-0.2, -0.15) is 0 Å². The fourth-order valence-electron chi connectivity index (χ4n) is 1.21. The number of para-hydroxylation sites is 1. The van der Waals surface area contributed by atoms with Gasteiger partial charge in [-0.05, 0) is 24.3 Å². The number of esters is 1. The van der Waals surface area contributed by atoms with Crippen LogP contribution in [0.25, 0.3) is 0 Å². The van der Waals surface area contributed by atoms with Gasteiger partial charge >= 0.3 is 5.97 Å². The Balaban J connectivity index is 2.21. The van der Waals surface area contributed by atoms with E-state index in [4.69, 9.17) is 27.9 Å². The van der Waals surface area contributed by atoms with Gasteiger partial charge in [-0.1, -0.05) is 41.4 Å². The number of carbonyl (C=O) groups is 1. The van der Waals surface area contributed by atoms with Crippen LogP contribution in [-0.4, -0.2) is 11.0 Å². The van der Waals surface area contributed by atoms with E-state index in [1.807, 2.05) is 6.07 Å². The van der Waals surface area contributed by atoms with E-state index in [9.17, 15) is 4.79 Å². The summed E-state index contributed by atoms with van der Waals surface area (Å²) in [6.07, 6.45) is 0. The van der Waals surface area contributed by atoms with Crippen molar-refractivity contribution >= 4 is 29.2 Å². The van der Waals surface area contributed by atoms with E-state index in [-0.39, 0.29) is 15.9 Å². The zero-order valence-electron chi connectivity index (χ0n) is 8.56. The summed E-state index contributed by atoms with van der Waals surface area (Å²) in [5, 5.41) is 0.254. The number of pyridine rings is 1. The topological polar surface area (TPSA) is 39.2 Å². The molecule has 2 aromatic rings. The number of nitrogens with zero attached hydrogens (tertiary/aromatic N) is 1. The molecule has 0 saturated heterocycles. The highest BCUT2D eigenvalue weighted by atomic mass is 35.5. The maximum Gasteiger partial charge on any atom is 0.346 e. The third-order valence-corrected chi connectivity index (χ3v) is 2.49. The van der Waals surface area contributed by atoms with E-state index in [2.05, 4.69) is 4.98 Å². The van der Waals surface area contributed by atoms with Crippen molar-refractivity contribution in [2.45, 2.75) is 0 Å². The molecule has 0 aliphatic rings. The Morgan fingerprint density at radius 3 is 2.41 bits per heavy atom. The Labute approximate surface area is 108 Å². The molecule has 1 aromatic carbocycles. The molecule has 0 N–H and O–H groups in total. The van der Waals surface area contributed by atoms with E-state index in [1.54, 1.807) is 24.3 Å². The Morgan fingerprint density at radius 1 is 1.06 bits per heavy atom. The standard InChI is InChI=1S/C12H7Cl2NO2/c13-10-7-6-9(11(14)15-10)12(16)17-8-4-2-1-3-5-8/h1-7H. The molecule has 17 heavy (non-hydrogen) atoms. The maximum absolute atomic E-state index is 11.8. The smallest absolute Gasteiger partial charge is 0.346 e. The van der Waals surface area contributed by atoms with Crippen LogP contribution >= 0.6 is 23.2 Å². The normalized spacial score (nSPS) is 10.0. The summed E-state index contributed by atoms with van der Waals surface area (Å²) < 4.78 is 5.11. The van der Waals surface area contributed by atoms with E-state index >= 15 is 0 Å². The van der Waals surface area contributed by atoms with Crippen LogP contribution in [0.5, 0.6) is 5.75 Å². The summed E-state index contributed by atoms with van der Waals surface area (Å²) in [6, 6.07) is 11.7. The maximum atomic E-state index is 11.8. The van der Waals surface area contributed by atoms with E-state index in [1.165, 1.54) is 12.1 Å². The molecular formula is C12H7Cl2NO2. The van der Waals surface area contributed by atoms with E-state index in [0.717, 1.165) is 0 Å². The minimum absolute atomic E-state index is 0.0263. The SMILES string of the molecule is O=C(Oc1ccccc1)c1ccc(Cl)nc1Cl. The monoisotopic (exact) mass is 267 g/mol. The van der Waals surface area contributed by atoms with Crippen molar-refractivity contribution in [3.05, 3.63) is 58.3 Å². The number of benzene rings is 1. The van der Waals surface area contributed by atoms with Crippen molar-refractivity contribution < 1.29 is 9.53 Å². The van der Waals surface area contributed by atoms with Gasteiger partial charge in [0.05, 0.1) is 5.56 Å². The largest absolute Gasteiger partial charge is 0.423 e. The molecule has 86 valence electrons. The van der Waals surface area contributed by atoms with Crippen molar-refractivity contribution in [1.82, 2.24) is 4.98 Å². The van der Waals surface area contributed by atoms with Gasteiger partial charge in [0.1, 0.15) is 16.1 Å². The second-order valence-corrected chi connectivity index (χ2v) is 3.92. The van der Waals surface area contributed by atoms with Crippen LogP contribution in [-0.2, 0) is 0 Å². The molecule has 0 aliphatic heterocycles. The summed E-state index contributed by atoms with van der Waals surface area (Å²) in [4.78, 5) is 15.5. The fourth-order valence-corrected chi connectivity index (χ4v) is 1.64. The van der Waals surface area contributed by atoms with Crippen LogP contribution in [0.4, 0.5) is 0 Å². The summed E-state index contributed by atoms with van der Waals surface area (Å²) in [7, 11) is 0. The third kappa shape index (κ3) is 2.96. The molecule has 0 radical (unpaired) electrons. The highest BCUT2D eigenvalue weighted by molar-refractivity contribution is 6.34. The van der Waals surface area contributed by atoms with Crippen LogP contribution in [0.3, 0.4) is 0 Å². The Hall–Kier alpha value is -1.58. The van der Waals surface area contributed by atoms with Crippen LogP contribution < -0.4 is 4.74 Å². The van der Waals surface area contributed by atoms with Gasteiger partial charge in [-0.25, -0.2) is 9.78 Å². The van der Waals surface area contributed by atoms with Gasteiger partial charge in [-0.3, -0.25) is 0 Å². The van der Waals surface area contributed by atoms with Gasteiger partial charge in [-0.15, -0.1) is 0 Å². The molecule has 0 amide bonds. The molecule has 0 unspecified atom stereocenters. The lowest BCUT2D eigenvalue weighted by Crippen LogP contribution is -2.09. The Bertz CT molecular complexity index is 543. The number of ether oxygens (including phenoxy) is 1. The molecule has 0 atom stereocenters. The molecule has 0 bridgehead atoms. The van der Waals surface area contributed by atoms with Crippen molar-refractivity contribution in [2.24, 2.45) is 0 Å². The minimum Gasteiger partial charge on any atom is -0.423 e. The van der Waals surface area contributed by atoms with Crippen molar-refractivity contribution in [3.63, 3.8) is 0 Å². The second kappa shape index (κ2) is 5.17. The van der Waals surface area contributed by atoms with E-state index in [0.29, 0.717) is 5.75 Å². The lowest BCUT2D eigenvalue weighted by Gasteiger charge is -2.05. The molecule has 3 nitrogen and oxygen atoms in total. The zero-order valence-corrected chi connectivity index (χ0v) is 10.1. The van der Waals surface area contributed by atoms with Crippen LogP contribution in [0.1, 0.15) is 10.4 Å². The van der Waals surface area contributed by atoms with Crippen LogP contribution in [0, 0.1) is 0 Å². The second-order valence-electron chi connectivity index (χ2n) is 3.17. The first-order valence-electron chi connectivity index (χ1n) is 4.76. The zero-order chi connectivity index (χ0) is 12.3. The number of hydrogen-bond acceptors (Lipinski definition) is 3. The molecule has 1 aromatic heterocycles. The lowest BCUT2D eigenvalue weighted by molar-refractivity contribution is 0.0734. The van der Waals surface area contributed by atoms with Crippen molar-refractivity contribution in [3.8, 4) is 5.75 Å². The molecule has 1 heterocycles. The number of halogens is 2. The Morgan fingerprint density at radius 2 is 1.76 bits per heavy atom. The highest BCUT2D eigenvalue weighted by Gasteiger charge is 2.14. The first kappa shape index (κ1) is 11.9. The molecule has 2 rings (SSSR count). The highest BCUT2D eigenvalue weighted by Crippen LogP contribution is 2.19. The summed E-state index contributed by atoms with van der Waals surface area (Å²) in [5.74, 6) is -0.117. The van der Waals surface area contributed by atoms with Crippen LogP contribution in [0.15, 0.2) is 42.5 Å². The van der Waals surface area contributed by atoms with Gasteiger partial charge in [0.2, 0.25) is 0 Å². The number of hydrogen-bond donors (Lipinski definition) is 0. The van der Waals surface area contributed by atoms with Crippen molar-refractivity contribution in [1.29, 1.82) is 0 Å². The van der Waals surface area contributed by atoms with E-state index < -0.39 is 5.97 Å². The van der Waals surface area contributed by atoms with Gasteiger partial charge in [0.15, 0.2) is 0 Å². The lowest BCUT2D eigenvalue weighted by atomic mass is 10.3. The number of carbonyl (C=O) groups excluding carboxylic acids is 1. The molecule has 0 spiro atoms. The first-order valence-corrected chi connectivity index (χ1v) is 5.51. The quantitative estimate of drug-likeness (QED) is 0.474. The van der Waals surface area contributed by atoms with Gasteiger partial charge < -0.3 is 4.74 Å².